The second-order valence-electron chi connectivity index (χ2n) is 5.77. The highest BCUT2D eigenvalue weighted by Gasteiger charge is 2.13. The Balaban J connectivity index is 1.93. The van der Waals surface area contributed by atoms with Crippen molar-refractivity contribution in [2.24, 2.45) is 5.92 Å². The van der Waals surface area contributed by atoms with Crippen molar-refractivity contribution >= 4 is 28.8 Å². The van der Waals surface area contributed by atoms with Gasteiger partial charge in [0.2, 0.25) is 5.91 Å². The fourth-order valence-corrected chi connectivity index (χ4v) is 3.01. The van der Waals surface area contributed by atoms with Crippen LogP contribution < -0.4 is 4.74 Å². The number of amides is 1. The second kappa shape index (κ2) is 8.31. The molecule has 0 aliphatic carbocycles. The Morgan fingerprint density at radius 2 is 2.22 bits per heavy atom. The predicted molar refractivity (Wildman–Crippen MR) is 93.8 cm³/mol. The van der Waals surface area contributed by atoms with Gasteiger partial charge in [0.1, 0.15) is 17.4 Å². The Morgan fingerprint density at radius 3 is 2.87 bits per heavy atom. The zero-order valence-corrected chi connectivity index (χ0v) is 15.2. The lowest BCUT2D eigenvalue weighted by atomic mass is 10.2. The van der Waals surface area contributed by atoms with Gasteiger partial charge in [0, 0.05) is 23.9 Å². The summed E-state index contributed by atoms with van der Waals surface area (Å²) in [6, 6.07) is 7.29. The third-order valence-corrected chi connectivity index (χ3v) is 4.25. The van der Waals surface area contributed by atoms with Crippen molar-refractivity contribution in [2.45, 2.75) is 33.9 Å². The Kier molecular flexibility index (Phi) is 6.42. The number of ether oxygens (including phenoxy) is 1. The molecular formula is C17H21ClN2O2S. The highest BCUT2D eigenvalue weighted by molar-refractivity contribution is 7.09. The number of halogens is 1. The number of hydrogen-bond donors (Lipinski definition) is 0. The third kappa shape index (κ3) is 5.84. The summed E-state index contributed by atoms with van der Waals surface area (Å²) >= 11 is 7.47. The van der Waals surface area contributed by atoms with Crippen molar-refractivity contribution in [3.8, 4) is 5.75 Å². The summed E-state index contributed by atoms with van der Waals surface area (Å²) in [6.45, 7) is 7.47. The van der Waals surface area contributed by atoms with Crippen LogP contribution in [0.5, 0.6) is 5.75 Å². The van der Waals surface area contributed by atoms with Crippen LogP contribution in [0.2, 0.25) is 5.02 Å². The molecule has 2 rings (SSSR count). The van der Waals surface area contributed by atoms with Crippen LogP contribution in [0.3, 0.4) is 0 Å². The smallest absolute Gasteiger partial charge is 0.219 e. The van der Waals surface area contributed by atoms with Gasteiger partial charge in [-0.2, -0.15) is 0 Å². The van der Waals surface area contributed by atoms with E-state index in [-0.39, 0.29) is 5.91 Å². The fourth-order valence-electron chi connectivity index (χ4n) is 2.13. The first-order chi connectivity index (χ1) is 10.9. The van der Waals surface area contributed by atoms with Gasteiger partial charge < -0.3 is 9.64 Å². The molecule has 0 N–H and O–H groups in total. The molecule has 0 fully saturated rings. The average Bonchev–Trinajstić information content (AvgIpc) is 2.91. The van der Waals surface area contributed by atoms with Crippen LogP contribution in [0.1, 0.15) is 31.5 Å². The lowest BCUT2D eigenvalue weighted by Gasteiger charge is -2.22. The molecule has 0 aliphatic rings. The maximum absolute atomic E-state index is 11.7. The monoisotopic (exact) mass is 352 g/mol. The molecule has 1 aromatic carbocycles. The third-order valence-electron chi connectivity index (χ3n) is 3.14. The molecule has 1 heterocycles. The van der Waals surface area contributed by atoms with E-state index in [0.717, 1.165) is 23.0 Å². The molecule has 23 heavy (non-hydrogen) atoms. The molecule has 6 heteroatoms. The topological polar surface area (TPSA) is 42.4 Å². The standard InChI is InChI=1S/C17H21ClN2O2S/c1-12(2)8-20(13(3)21)9-15-11-23-17(19-15)10-22-16-6-4-5-14(18)7-16/h4-7,11-12H,8-10H2,1-3H3. The number of carbonyl (C=O) groups excluding carboxylic acids is 1. The SMILES string of the molecule is CC(=O)N(Cc1csc(COc2cccc(Cl)c2)n1)CC(C)C. The molecular weight excluding hydrogens is 332 g/mol. The molecule has 0 radical (unpaired) electrons. The number of carbonyl (C=O) groups is 1. The van der Waals surface area contributed by atoms with Crippen LogP contribution in [-0.2, 0) is 17.9 Å². The van der Waals surface area contributed by atoms with Crippen molar-refractivity contribution in [3.63, 3.8) is 0 Å². The van der Waals surface area contributed by atoms with Crippen LogP contribution in [0.4, 0.5) is 0 Å². The zero-order chi connectivity index (χ0) is 16.8. The van der Waals surface area contributed by atoms with Crippen molar-refractivity contribution in [1.29, 1.82) is 0 Å². The summed E-state index contributed by atoms with van der Waals surface area (Å²) in [5.41, 5.74) is 0.899. The van der Waals surface area contributed by atoms with Gasteiger partial charge in [0.05, 0.1) is 12.2 Å². The first-order valence-electron chi connectivity index (χ1n) is 7.51. The lowest BCUT2D eigenvalue weighted by Crippen LogP contribution is -2.31. The molecule has 4 nitrogen and oxygen atoms in total. The molecule has 0 unspecified atom stereocenters. The van der Waals surface area contributed by atoms with E-state index in [1.165, 1.54) is 11.3 Å². The van der Waals surface area contributed by atoms with E-state index in [0.29, 0.717) is 24.1 Å². The van der Waals surface area contributed by atoms with Crippen LogP contribution in [0, 0.1) is 5.92 Å². The van der Waals surface area contributed by atoms with Crippen molar-refractivity contribution in [3.05, 3.63) is 45.4 Å². The molecule has 1 aromatic heterocycles. The summed E-state index contributed by atoms with van der Waals surface area (Å²) < 4.78 is 5.69. The van der Waals surface area contributed by atoms with E-state index in [9.17, 15) is 4.79 Å². The first-order valence-corrected chi connectivity index (χ1v) is 8.77. The maximum Gasteiger partial charge on any atom is 0.219 e. The lowest BCUT2D eigenvalue weighted by molar-refractivity contribution is -0.130. The Morgan fingerprint density at radius 1 is 1.43 bits per heavy atom. The molecule has 0 aliphatic heterocycles. The number of nitrogens with zero attached hydrogens (tertiary/aromatic N) is 2. The summed E-state index contributed by atoms with van der Waals surface area (Å²) in [4.78, 5) is 18.1. The predicted octanol–water partition coefficient (Wildman–Crippen LogP) is 4.38. The largest absolute Gasteiger partial charge is 0.486 e. The Hall–Kier alpha value is -1.59. The van der Waals surface area contributed by atoms with Gasteiger partial charge in [0.15, 0.2) is 0 Å². The van der Waals surface area contributed by atoms with Gasteiger partial charge in [-0.15, -0.1) is 11.3 Å². The van der Waals surface area contributed by atoms with Gasteiger partial charge in [-0.1, -0.05) is 31.5 Å². The molecule has 1 amide bonds. The quantitative estimate of drug-likeness (QED) is 0.742. The van der Waals surface area contributed by atoms with E-state index in [1.807, 2.05) is 22.4 Å². The fraction of sp³-hybridized carbons (Fsp3) is 0.412. The van der Waals surface area contributed by atoms with Crippen LogP contribution in [0.25, 0.3) is 0 Å². The molecule has 0 saturated carbocycles. The number of thiazole rings is 1. The normalized spacial score (nSPS) is 10.8. The van der Waals surface area contributed by atoms with Crippen LogP contribution in [-0.4, -0.2) is 22.3 Å². The highest BCUT2D eigenvalue weighted by atomic mass is 35.5. The van der Waals surface area contributed by atoms with Gasteiger partial charge in [0.25, 0.3) is 0 Å². The van der Waals surface area contributed by atoms with Gasteiger partial charge in [-0.3, -0.25) is 4.79 Å². The van der Waals surface area contributed by atoms with Gasteiger partial charge in [-0.05, 0) is 24.1 Å². The summed E-state index contributed by atoms with van der Waals surface area (Å²) in [7, 11) is 0. The Bertz CT molecular complexity index is 658. The van der Waals surface area contributed by atoms with Crippen LogP contribution >= 0.6 is 22.9 Å². The van der Waals surface area contributed by atoms with Gasteiger partial charge in [-0.25, -0.2) is 4.98 Å². The second-order valence-corrected chi connectivity index (χ2v) is 7.15. The summed E-state index contributed by atoms with van der Waals surface area (Å²) in [5.74, 6) is 1.23. The minimum absolute atomic E-state index is 0.0726. The molecule has 2 aromatic rings. The van der Waals surface area contributed by atoms with E-state index in [4.69, 9.17) is 16.3 Å². The van der Waals surface area contributed by atoms with E-state index in [2.05, 4.69) is 18.8 Å². The average molecular weight is 353 g/mol. The summed E-state index contributed by atoms with van der Waals surface area (Å²) in [5, 5.41) is 3.51. The maximum atomic E-state index is 11.7. The highest BCUT2D eigenvalue weighted by Crippen LogP contribution is 2.20. The molecule has 124 valence electrons. The van der Waals surface area contributed by atoms with Crippen molar-refractivity contribution in [1.82, 2.24) is 9.88 Å². The Labute approximate surface area is 146 Å². The number of aromatic nitrogens is 1. The molecule has 0 saturated heterocycles. The minimum Gasteiger partial charge on any atom is -0.486 e. The van der Waals surface area contributed by atoms with E-state index < -0.39 is 0 Å². The van der Waals surface area contributed by atoms with Crippen molar-refractivity contribution < 1.29 is 9.53 Å². The first kappa shape index (κ1) is 17.8. The number of hydrogen-bond acceptors (Lipinski definition) is 4. The molecule has 0 atom stereocenters. The molecule has 0 spiro atoms. The van der Waals surface area contributed by atoms with Crippen molar-refractivity contribution in [2.75, 3.05) is 6.54 Å². The summed E-state index contributed by atoms with van der Waals surface area (Å²) in [6.07, 6.45) is 0. The van der Waals surface area contributed by atoms with Gasteiger partial charge >= 0.3 is 0 Å². The van der Waals surface area contributed by atoms with E-state index >= 15 is 0 Å². The van der Waals surface area contributed by atoms with Crippen LogP contribution in [0.15, 0.2) is 29.6 Å². The zero-order valence-electron chi connectivity index (χ0n) is 13.6. The van der Waals surface area contributed by atoms with E-state index in [1.54, 1.807) is 19.1 Å². The minimum atomic E-state index is 0.0726. The molecule has 0 bridgehead atoms. The number of benzene rings is 1. The number of rotatable bonds is 7.